The topological polar surface area (TPSA) is 49.9 Å². The number of hydrogen-bond donors (Lipinski definition) is 0. The Hall–Kier alpha value is -3.12. The molecule has 2 heterocycles. The SMILES string of the molecule is COc1ccc(C(=O)N(CC(=O)N2CCc3sccc3C2c2ccc(C(C)(C)C)cc2)C2CC2)cc1. The van der Waals surface area contributed by atoms with Gasteiger partial charge in [0.15, 0.2) is 0 Å². The average Bonchev–Trinajstić information content (AvgIpc) is 3.61. The van der Waals surface area contributed by atoms with Gasteiger partial charge in [-0.25, -0.2) is 0 Å². The lowest BCUT2D eigenvalue weighted by atomic mass is 9.85. The molecule has 0 spiro atoms. The molecule has 0 N–H and O–H groups in total. The minimum Gasteiger partial charge on any atom is -0.497 e. The molecule has 1 unspecified atom stereocenters. The van der Waals surface area contributed by atoms with Gasteiger partial charge >= 0.3 is 0 Å². The molecule has 1 aromatic heterocycles. The maximum Gasteiger partial charge on any atom is 0.254 e. The smallest absolute Gasteiger partial charge is 0.254 e. The molecular weight excluding hydrogens is 468 g/mol. The van der Waals surface area contributed by atoms with Gasteiger partial charge in [-0.05, 0) is 77.1 Å². The lowest BCUT2D eigenvalue weighted by Gasteiger charge is -2.38. The standard InChI is InChI=1S/C30H34N2O3S/c1-30(2,3)22-9-5-20(6-10-22)28-25-16-18-36-26(25)15-17-31(28)27(33)19-32(23-11-12-23)29(34)21-7-13-24(35-4)14-8-21/h5-10,13-14,16,18,23,28H,11-12,15,17,19H2,1-4H3. The van der Waals surface area contributed by atoms with E-state index in [0.29, 0.717) is 17.9 Å². The van der Waals surface area contributed by atoms with Gasteiger partial charge in [0, 0.05) is 23.0 Å². The number of carbonyl (C=O) groups is 2. The fourth-order valence-electron chi connectivity index (χ4n) is 5.00. The molecule has 36 heavy (non-hydrogen) atoms. The van der Waals surface area contributed by atoms with Crippen molar-refractivity contribution in [3.05, 3.63) is 87.1 Å². The summed E-state index contributed by atoms with van der Waals surface area (Å²) in [7, 11) is 1.61. The summed E-state index contributed by atoms with van der Waals surface area (Å²) in [6.45, 7) is 7.39. The van der Waals surface area contributed by atoms with E-state index < -0.39 is 0 Å². The van der Waals surface area contributed by atoms with Gasteiger partial charge in [-0.2, -0.15) is 0 Å². The number of fused-ring (bicyclic) bond motifs is 1. The van der Waals surface area contributed by atoms with Crippen molar-refractivity contribution in [1.82, 2.24) is 9.80 Å². The van der Waals surface area contributed by atoms with Crippen molar-refractivity contribution in [2.75, 3.05) is 20.2 Å². The molecule has 1 aliphatic carbocycles. The van der Waals surface area contributed by atoms with Crippen molar-refractivity contribution in [3.63, 3.8) is 0 Å². The van der Waals surface area contributed by atoms with Gasteiger partial charge in [-0.3, -0.25) is 9.59 Å². The van der Waals surface area contributed by atoms with Crippen LogP contribution in [0.1, 0.15) is 71.6 Å². The predicted molar refractivity (Wildman–Crippen MR) is 144 cm³/mol. The highest BCUT2D eigenvalue weighted by molar-refractivity contribution is 7.10. The summed E-state index contributed by atoms with van der Waals surface area (Å²) in [5.41, 5.74) is 4.26. The van der Waals surface area contributed by atoms with Crippen molar-refractivity contribution in [2.45, 2.75) is 57.5 Å². The fraction of sp³-hybridized carbons (Fsp3) is 0.400. The molecule has 2 amide bonds. The van der Waals surface area contributed by atoms with Crippen LogP contribution >= 0.6 is 11.3 Å². The zero-order valence-electron chi connectivity index (χ0n) is 21.5. The number of nitrogens with zero attached hydrogens (tertiary/aromatic N) is 2. The van der Waals surface area contributed by atoms with Crippen LogP contribution in [-0.4, -0.2) is 47.9 Å². The molecule has 5 nitrogen and oxygen atoms in total. The van der Waals surface area contributed by atoms with E-state index in [1.165, 1.54) is 16.0 Å². The van der Waals surface area contributed by atoms with Gasteiger partial charge < -0.3 is 14.5 Å². The van der Waals surface area contributed by atoms with Crippen LogP contribution in [0, 0.1) is 0 Å². The van der Waals surface area contributed by atoms with Gasteiger partial charge in [0.2, 0.25) is 5.91 Å². The number of thiophene rings is 1. The zero-order chi connectivity index (χ0) is 25.4. The van der Waals surface area contributed by atoms with Crippen LogP contribution < -0.4 is 4.74 Å². The quantitative estimate of drug-likeness (QED) is 0.426. The highest BCUT2D eigenvalue weighted by Crippen LogP contribution is 2.39. The zero-order valence-corrected chi connectivity index (χ0v) is 22.3. The second-order valence-corrected chi connectivity index (χ2v) is 11.8. The summed E-state index contributed by atoms with van der Waals surface area (Å²) in [5.74, 6) is 0.624. The van der Waals surface area contributed by atoms with E-state index in [4.69, 9.17) is 4.74 Å². The third-order valence-electron chi connectivity index (χ3n) is 7.27. The first-order chi connectivity index (χ1) is 17.3. The molecule has 0 radical (unpaired) electrons. The van der Waals surface area contributed by atoms with Crippen LogP contribution in [-0.2, 0) is 16.6 Å². The van der Waals surface area contributed by atoms with Crippen LogP contribution in [0.15, 0.2) is 60.0 Å². The molecule has 2 aromatic carbocycles. The first kappa shape index (κ1) is 24.6. The maximum absolute atomic E-state index is 13.8. The molecule has 2 aliphatic rings. The summed E-state index contributed by atoms with van der Waals surface area (Å²) >= 11 is 1.77. The van der Waals surface area contributed by atoms with Gasteiger partial charge in [-0.1, -0.05) is 45.0 Å². The number of hydrogen-bond acceptors (Lipinski definition) is 4. The number of ether oxygens (including phenoxy) is 1. The van der Waals surface area contributed by atoms with Crippen molar-refractivity contribution >= 4 is 23.2 Å². The predicted octanol–water partition coefficient (Wildman–Crippen LogP) is 5.83. The molecule has 1 fully saturated rings. The number of benzene rings is 2. The van der Waals surface area contributed by atoms with Crippen LogP contribution in [0.2, 0.25) is 0 Å². The van der Waals surface area contributed by atoms with E-state index in [0.717, 1.165) is 24.8 Å². The Kier molecular flexibility index (Phi) is 6.64. The minimum absolute atomic E-state index is 0.00510. The Morgan fingerprint density at radius 3 is 2.33 bits per heavy atom. The highest BCUT2D eigenvalue weighted by Gasteiger charge is 2.38. The molecule has 3 aromatic rings. The Morgan fingerprint density at radius 2 is 1.72 bits per heavy atom. The summed E-state index contributed by atoms with van der Waals surface area (Å²) in [6, 6.07) is 18.0. The summed E-state index contributed by atoms with van der Waals surface area (Å²) in [6.07, 6.45) is 2.74. The molecule has 5 rings (SSSR count). The largest absolute Gasteiger partial charge is 0.497 e. The third-order valence-corrected chi connectivity index (χ3v) is 8.27. The number of amides is 2. The normalized spacial score (nSPS) is 17.4. The van der Waals surface area contributed by atoms with Crippen LogP contribution in [0.5, 0.6) is 5.75 Å². The number of carbonyl (C=O) groups excluding carboxylic acids is 2. The second kappa shape index (κ2) is 9.74. The van der Waals surface area contributed by atoms with Crippen molar-refractivity contribution in [1.29, 1.82) is 0 Å². The molecule has 0 bridgehead atoms. The van der Waals surface area contributed by atoms with E-state index in [-0.39, 0.29) is 35.9 Å². The van der Waals surface area contributed by atoms with Gasteiger partial charge in [-0.15, -0.1) is 11.3 Å². The average molecular weight is 503 g/mol. The van der Waals surface area contributed by atoms with Crippen LogP contribution in [0.3, 0.4) is 0 Å². The van der Waals surface area contributed by atoms with Gasteiger partial charge in [0.1, 0.15) is 12.3 Å². The Labute approximate surface area is 217 Å². The summed E-state index contributed by atoms with van der Waals surface area (Å²) < 4.78 is 5.23. The summed E-state index contributed by atoms with van der Waals surface area (Å²) in [5, 5.41) is 2.12. The van der Waals surface area contributed by atoms with E-state index in [9.17, 15) is 9.59 Å². The molecule has 1 aliphatic heterocycles. The van der Waals surface area contributed by atoms with Crippen molar-refractivity contribution < 1.29 is 14.3 Å². The van der Waals surface area contributed by atoms with E-state index >= 15 is 0 Å². The molecule has 0 saturated heterocycles. The lowest BCUT2D eigenvalue weighted by molar-refractivity contribution is -0.134. The lowest BCUT2D eigenvalue weighted by Crippen LogP contribution is -2.47. The third kappa shape index (κ3) is 4.92. The van der Waals surface area contributed by atoms with E-state index in [1.54, 1.807) is 47.6 Å². The molecule has 188 valence electrons. The van der Waals surface area contributed by atoms with E-state index in [1.807, 2.05) is 4.90 Å². The number of rotatable bonds is 6. The second-order valence-electron chi connectivity index (χ2n) is 10.8. The van der Waals surface area contributed by atoms with Crippen LogP contribution in [0.4, 0.5) is 0 Å². The molecular formula is C30H34N2O3S. The molecule has 1 saturated carbocycles. The fourth-order valence-corrected chi connectivity index (χ4v) is 5.90. The first-order valence-corrected chi connectivity index (χ1v) is 13.6. The van der Waals surface area contributed by atoms with Crippen LogP contribution in [0.25, 0.3) is 0 Å². The first-order valence-electron chi connectivity index (χ1n) is 12.7. The maximum atomic E-state index is 13.8. The molecule has 6 heteroatoms. The Balaban J connectivity index is 1.41. The Bertz CT molecular complexity index is 1240. The number of methoxy groups -OCH3 is 1. The Morgan fingerprint density at radius 1 is 1.03 bits per heavy atom. The minimum atomic E-state index is -0.126. The highest BCUT2D eigenvalue weighted by atomic mass is 32.1. The van der Waals surface area contributed by atoms with Gasteiger partial charge in [0.25, 0.3) is 5.91 Å². The van der Waals surface area contributed by atoms with Crippen molar-refractivity contribution in [2.24, 2.45) is 0 Å². The van der Waals surface area contributed by atoms with Gasteiger partial charge in [0.05, 0.1) is 13.2 Å². The van der Waals surface area contributed by atoms with Crippen molar-refractivity contribution in [3.8, 4) is 5.75 Å². The van der Waals surface area contributed by atoms with E-state index in [2.05, 4.69) is 56.5 Å². The molecule has 1 atom stereocenters. The summed E-state index contributed by atoms with van der Waals surface area (Å²) in [4.78, 5) is 32.3. The monoisotopic (exact) mass is 502 g/mol.